The Hall–Kier alpha value is -1.39. The van der Waals surface area contributed by atoms with Gasteiger partial charge in [-0.15, -0.1) is 0 Å². The summed E-state index contributed by atoms with van der Waals surface area (Å²) in [6.45, 7) is 7.62. The van der Waals surface area contributed by atoms with E-state index >= 15 is 0 Å². The minimum atomic E-state index is 0.0903. The van der Waals surface area contributed by atoms with Crippen LogP contribution in [0.5, 0.6) is 0 Å². The van der Waals surface area contributed by atoms with Crippen molar-refractivity contribution in [2.24, 2.45) is 5.92 Å². The highest BCUT2D eigenvalue weighted by Gasteiger charge is 2.23. The molecule has 0 aromatic heterocycles. The van der Waals surface area contributed by atoms with E-state index in [0.29, 0.717) is 12.5 Å². The van der Waals surface area contributed by atoms with Gasteiger partial charge in [-0.3, -0.25) is 9.69 Å². The van der Waals surface area contributed by atoms with Crippen molar-refractivity contribution in [3.63, 3.8) is 0 Å². The summed E-state index contributed by atoms with van der Waals surface area (Å²) in [5.41, 5.74) is 3.20. The first kappa shape index (κ1) is 15.0. The van der Waals surface area contributed by atoms with Gasteiger partial charge in [0.25, 0.3) is 0 Å². The van der Waals surface area contributed by atoms with Crippen LogP contribution in [-0.2, 0) is 4.79 Å². The molecule has 1 aliphatic heterocycles. The summed E-state index contributed by atoms with van der Waals surface area (Å²) in [6, 6.07) is 6.08. The highest BCUT2D eigenvalue weighted by molar-refractivity contribution is 5.93. The highest BCUT2D eigenvalue weighted by atomic mass is 16.2. The first-order valence-electron chi connectivity index (χ1n) is 7.33. The van der Waals surface area contributed by atoms with E-state index in [4.69, 9.17) is 0 Å². The summed E-state index contributed by atoms with van der Waals surface area (Å²) < 4.78 is 0. The number of likely N-dealkylation sites (tertiary alicyclic amines) is 1. The predicted octanol–water partition coefficient (Wildman–Crippen LogP) is 1.78. The maximum atomic E-state index is 12.2. The summed E-state index contributed by atoms with van der Waals surface area (Å²) in [5.74, 6) is 0.764. The summed E-state index contributed by atoms with van der Waals surface area (Å²) in [7, 11) is 1.98. The summed E-state index contributed by atoms with van der Waals surface area (Å²) in [6.07, 6.45) is 1.18. The lowest BCUT2D eigenvalue weighted by atomic mass is 10.1. The first-order chi connectivity index (χ1) is 9.60. The van der Waals surface area contributed by atoms with E-state index in [1.807, 2.05) is 39.1 Å². The lowest BCUT2D eigenvalue weighted by Gasteiger charge is -2.17. The Balaban J connectivity index is 1.87. The molecule has 4 heteroatoms. The van der Waals surface area contributed by atoms with Crippen LogP contribution in [0.3, 0.4) is 0 Å². The molecular weight excluding hydrogens is 250 g/mol. The third-order valence-electron chi connectivity index (χ3n) is 3.98. The van der Waals surface area contributed by atoms with E-state index in [2.05, 4.69) is 15.5 Å². The van der Waals surface area contributed by atoms with Gasteiger partial charge >= 0.3 is 0 Å². The Kier molecular flexibility index (Phi) is 5.15. The van der Waals surface area contributed by atoms with Crippen molar-refractivity contribution in [2.75, 3.05) is 38.5 Å². The van der Waals surface area contributed by atoms with Crippen molar-refractivity contribution in [3.05, 3.63) is 29.3 Å². The minimum Gasteiger partial charge on any atom is -0.324 e. The molecule has 1 atom stereocenters. The molecule has 1 aromatic carbocycles. The van der Waals surface area contributed by atoms with E-state index < -0.39 is 0 Å². The van der Waals surface area contributed by atoms with Crippen molar-refractivity contribution < 1.29 is 4.79 Å². The van der Waals surface area contributed by atoms with Gasteiger partial charge in [-0.25, -0.2) is 0 Å². The topological polar surface area (TPSA) is 44.4 Å². The Morgan fingerprint density at radius 2 is 2.05 bits per heavy atom. The molecule has 1 fully saturated rings. The van der Waals surface area contributed by atoms with E-state index in [1.54, 1.807) is 0 Å². The molecule has 1 aliphatic rings. The minimum absolute atomic E-state index is 0.0903. The van der Waals surface area contributed by atoms with Crippen LogP contribution in [0.15, 0.2) is 18.2 Å². The van der Waals surface area contributed by atoms with Crippen molar-refractivity contribution in [1.29, 1.82) is 0 Å². The molecule has 1 heterocycles. The second kappa shape index (κ2) is 6.86. The van der Waals surface area contributed by atoms with Crippen molar-refractivity contribution in [1.82, 2.24) is 10.2 Å². The molecule has 4 nitrogen and oxygen atoms in total. The summed E-state index contributed by atoms with van der Waals surface area (Å²) in [4.78, 5) is 14.4. The number of rotatable bonds is 5. The number of para-hydroxylation sites is 1. The molecule has 0 aliphatic carbocycles. The van der Waals surface area contributed by atoms with Crippen LogP contribution in [0, 0.1) is 19.8 Å². The number of carbonyl (C=O) groups is 1. The Morgan fingerprint density at radius 3 is 2.70 bits per heavy atom. The molecule has 1 saturated heterocycles. The molecule has 0 radical (unpaired) electrons. The fraction of sp³-hybridized carbons (Fsp3) is 0.562. The van der Waals surface area contributed by atoms with Gasteiger partial charge in [-0.1, -0.05) is 18.2 Å². The molecule has 1 amide bonds. The zero-order valence-electron chi connectivity index (χ0n) is 12.7. The zero-order valence-corrected chi connectivity index (χ0v) is 12.7. The van der Waals surface area contributed by atoms with Gasteiger partial charge in [0.2, 0.25) is 5.91 Å². The van der Waals surface area contributed by atoms with Gasteiger partial charge < -0.3 is 10.6 Å². The summed E-state index contributed by atoms with van der Waals surface area (Å²) >= 11 is 0. The van der Waals surface area contributed by atoms with E-state index in [9.17, 15) is 4.79 Å². The second-order valence-corrected chi connectivity index (χ2v) is 5.76. The highest BCUT2D eigenvalue weighted by Crippen LogP contribution is 2.20. The normalized spacial score (nSPS) is 19.2. The molecule has 1 unspecified atom stereocenters. The number of aryl methyl sites for hydroxylation is 2. The molecule has 0 saturated carbocycles. The van der Waals surface area contributed by atoms with Crippen molar-refractivity contribution in [2.45, 2.75) is 20.3 Å². The smallest absolute Gasteiger partial charge is 0.238 e. The Labute approximate surface area is 121 Å². The molecule has 110 valence electrons. The Bertz CT molecular complexity index is 453. The van der Waals surface area contributed by atoms with Gasteiger partial charge in [0.1, 0.15) is 0 Å². The molecule has 2 N–H and O–H groups in total. The second-order valence-electron chi connectivity index (χ2n) is 5.76. The number of benzene rings is 1. The standard InChI is InChI=1S/C16H25N3O/c1-12-5-4-6-13(2)16(12)18-15(20)11-19-8-7-14(10-19)9-17-3/h4-6,14,17H,7-11H2,1-3H3,(H,18,20). The van der Waals surface area contributed by atoms with Gasteiger partial charge in [0.15, 0.2) is 0 Å². The number of carbonyl (C=O) groups excluding carboxylic acids is 1. The van der Waals surface area contributed by atoms with E-state index in [-0.39, 0.29) is 5.91 Å². The lowest BCUT2D eigenvalue weighted by molar-refractivity contribution is -0.117. The van der Waals surface area contributed by atoms with Crippen LogP contribution < -0.4 is 10.6 Å². The number of amides is 1. The average Bonchev–Trinajstić information content (AvgIpc) is 2.82. The van der Waals surface area contributed by atoms with Crippen LogP contribution >= 0.6 is 0 Å². The predicted molar refractivity (Wildman–Crippen MR) is 83.0 cm³/mol. The maximum absolute atomic E-state index is 12.2. The zero-order chi connectivity index (χ0) is 14.5. The Morgan fingerprint density at radius 1 is 1.35 bits per heavy atom. The van der Waals surface area contributed by atoms with Gasteiger partial charge in [0, 0.05) is 12.2 Å². The largest absolute Gasteiger partial charge is 0.324 e. The monoisotopic (exact) mass is 275 g/mol. The van der Waals surface area contributed by atoms with Gasteiger partial charge in [-0.05, 0) is 57.5 Å². The number of nitrogens with zero attached hydrogens (tertiary/aromatic N) is 1. The number of nitrogens with one attached hydrogen (secondary N) is 2. The van der Waals surface area contributed by atoms with Gasteiger partial charge in [-0.2, -0.15) is 0 Å². The average molecular weight is 275 g/mol. The third-order valence-corrected chi connectivity index (χ3v) is 3.98. The molecular formula is C16H25N3O. The van der Waals surface area contributed by atoms with Crippen LogP contribution in [0.2, 0.25) is 0 Å². The quantitative estimate of drug-likeness (QED) is 0.861. The SMILES string of the molecule is CNCC1CCN(CC(=O)Nc2c(C)cccc2C)C1. The molecule has 2 rings (SSSR count). The molecule has 0 bridgehead atoms. The lowest BCUT2D eigenvalue weighted by Crippen LogP contribution is -2.32. The maximum Gasteiger partial charge on any atom is 0.238 e. The van der Waals surface area contributed by atoms with E-state index in [1.165, 1.54) is 6.42 Å². The number of hydrogen-bond acceptors (Lipinski definition) is 3. The van der Waals surface area contributed by atoms with Crippen molar-refractivity contribution in [3.8, 4) is 0 Å². The van der Waals surface area contributed by atoms with Crippen LogP contribution in [0.1, 0.15) is 17.5 Å². The fourth-order valence-corrected chi connectivity index (χ4v) is 2.91. The van der Waals surface area contributed by atoms with Crippen LogP contribution in [-0.4, -0.2) is 44.0 Å². The molecule has 0 spiro atoms. The number of hydrogen-bond donors (Lipinski definition) is 2. The van der Waals surface area contributed by atoms with E-state index in [0.717, 1.165) is 36.4 Å². The number of anilines is 1. The molecule has 1 aromatic rings. The van der Waals surface area contributed by atoms with Crippen LogP contribution in [0.25, 0.3) is 0 Å². The first-order valence-corrected chi connectivity index (χ1v) is 7.33. The fourth-order valence-electron chi connectivity index (χ4n) is 2.91. The third kappa shape index (κ3) is 3.81. The van der Waals surface area contributed by atoms with Crippen LogP contribution in [0.4, 0.5) is 5.69 Å². The van der Waals surface area contributed by atoms with Gasteiger partial charge in [0.05, 0.1) is 6.54 Å². The summed E-state index contributed by atoms with van der Waals surface area (Å²) in [5, 5.41) is 6.27. The molecule has 20 heavy (non-hydrogen) atoms. The van der Waals surface area contributed by atoms with Crippen molar-refractivity contribution >= 4 is 11.6 Å².